The molecular formula is C29H32FN7O3. The number of hydrogen-bond acceptors (Lipinski definition) is 7. The Morgan fingerprint density at radius 1 is 1.23 bits per heavy atom. The highest BCUT2D eigenvalue weighted by Gasteiger charge is 2.45. The zero-order valence-corrected chi connectivity index (χ0v) is 22.6. The zero-order chi connectivity index (χ0) is 27.4. The molecule has 0 spiro atoms. The number of ether oxygens (including phenoxy) is 2. The second kappa shape index (κ2) is 9.97. The summed E-state index contributed by atoms with van der Waals surface area (Å²) in [6, 6.07) is 7.63. The van der Waals surface area contributed by atoms with Crippen molar-refractivity contribution in [1.82, 2.24) is 29.3 Å². The van der Waals surface area contributed by atoms with Gasteiger partial charge in [-0.3, -0.25) is 14.5 Å². The SMILES string of the molecule is CN1CCO[C@@H](COc2cnn(C)c2-c2cc3cc(NC(=O)[C@H]4C[C@H]4c4ccc(C5CC5)cn4)nn3cc2F)C1. The summed E-state index contributed by atoms with van der Waals surface area (Å²) in [6.45, 7) is 2.66. The lowest BCUT2D eigenvalue weighted by molar-refractivity contribution is -0.117. The number of carbonyl (C=O) groups excluding carboxylic acids is 1. The van der Waals surface area contributed by atoms with Gasteiger partial charge in [-0.15, -0.1) is 5.10 Å². The number of halogens is 1. The Morgan fingerprint density at radius 3 is 2.88 bits per heavy atom. The van der Waals surface area contributed by atoms with E-state index in [2.05, 4.69) is 37.5 Å². The number of morpholine rings is 1. The van der Waals surface area contributed by atoms with Gasteiger partial charge in [0.25, 0.3) is 0 Å². The molecule has 0 aromatic carbocycles. The summed E-state index contributed by atoms with van der Waals surface area (Å²) in [5.74, 6) is 0.934. The highest BCUT2D eigenvalue weighted by molar-refractivity contribution is 5.95. The number of aryl methyl sites for hydroxylation is 1. The smallest absolute Gasteiger partial charge is 0.229 e. The van der Waals surface area contributed by atoms with Gasteiger partial charge in [0.2, 0.25) is 5.91 Å². The first-order valence-corrected chi connectivity index (χ1v) is 13.8. The van der Waals surface area contributed by atoms with Crippen molar-refractivity contribution in [3.05, 3.63) is 59.9 Å². The molecule has 3 fully saturated rings. The topological polar surface area (TPSA) is 98.8 Å². The van der Waals surface area contributed by atoms with Gasteiger partial charge in [-0.2, -0.15) is 5.10 Å². The van der Waals surface area contributed by atoms with Gasteiger partial charge in [0, 0.05) is 55.5 Å². The lowest BCUT2D eigenvalue weighted by Crippen LogP contribution is -2.42. The maximum Gasteiger partial charge on any atom is 0.229 e. The highest BCUT2D eigenvalue weighted by Crippen LogP contribution is 2.48. The summed E-state index contributed by atoms with van der Waals surface area (Å²) < 4.78 is 30.2. The van der Waals surface area contributed by atoms with E-state index in [1.807, 2.05) is 13.2 Å². The van der Waals surface area contributed by atoms with Gasteiger partial charge in [0.05, 0.1) is 24.5 Å². The van der Waals surface area contributed by atoms with Crippen LogP contribution in [0.15, 0.2) is 42.9 Å². The molecule has 2 aliphatic carbocycles. The summed E-state index contributed by atoms with van der Waals surface area (Å²) in [5, 5.41) is 11.6. The van der Waals surface area contributed by atoms with Crippen LogP contribution >= 0.6 is 0 Å². The van der Waals surface area contributed by atoms with Crippen LogP contribution < -0.4 is 10.1 Å². The van der Waals surface area contributed by atoms with E-state index in [1.165, 1.54) is 29.1 Å². The zero-order valence-electron chi connectivity index (χ0n) is 22.6. The predicted molar refractivity (Wildman–Crippen MR) is 146 cm³/mol. The summed E-state index contributed by atoms with van der Waals surface area (Å²) in [4.78, 5) is 19.8. The first-order valence-electron chi connectivity index (χ1n) is 13.8. The number of likely N-dealkylation sites (N-methyl/N-ethyl adjacent to an activating group) is 1. The number of hydrogen-bond donors (Lipinski definition) is 1. The molecule has 3 atom stereocenters. The Kier molecular flexibility index (Phi) is 6.27. The molecule has 40 heavy (non-hydrogen) atoms. The molecule has 4 aromatic heterocycles. The second-order valence-electron chi connectivity index (χ2n) is 11.2. The maximum absolute atomic E-state index is 15.3. The van der Waals surface area contributed by atoms with Gasteiger partial charge in [0.1, 0.15) is 18.4 Å². The Morgan fingerprint density at radius 2 is 2.10 bits per heavy atom. The molecule has 208 valence electrons. The van der Waals surface area contributed by atoms with Crippen LogP contribution in [-0.2, 0) is 16.6 Å². The number of amides is 1. The summed E-state index contributed by atoms with van der Waals surface area (Å²) in [7, 11) is 3.80. The van der Waals surface area contributed by atoms with Gasteiger partial charge in [0.15, 0.2) is 17.4 Å². The number of pyridine rings is 2. The van der Waals surface area contributed by atoms with Gasteiger partial charge >= 0.3 is 0 Å². The van der Waals surface area contributed by atoms with Crippen molar-refractivity contribution in [2.75, 3.05) is 38.7 Å². The van der Waals surface area contributed by atoms with Crippen molar-refractivity contribution in [3.8, 4) is 17.0 Å². The van der Waals surface area contributed by atoms with E-state index < -0.39 is 5.82 Å². The Balaban J connectivity index is 1.05. The minimum atomic E-state index is -0.474. The number of nitrogens with zero attached hydrogens (tertiary/aromatic N) is 6. The molecule has 1 saturated heterocycles. The Hall–Kier alpha value is -3.83. The first kappa shape index (κ1) is 25.2. The van der Waals surface area contributed by atoms with Crippen molar-refractivity contribution < 1.29 is 18.7 Å². The summed E-state index contributed by atoms with van der Waals surface area (Å²) in [5.41, 5.74) is 3.75. The predicted octanol–water partition coefficient (Wildman–Crippen LogP) is 3.60. The van der Waals surface area contributed by atoms with Crippen LogP contribution in [0.5, 0.6) is 5.75 Å². The molecule has 2 saturated carbocycles. The van der Waals surface area contributed by atoms with Crippen LogP contribution in [0, 0.1) is 11.7 Å². The standard InChI is InChI=1S/C29H32FN7O3/c1-35-7-8-39-20(14-35)16-40-26-13-32-36(2)28(26)23-9-19-10-27(34-37(19)15-24(23)30)33-29(38)22-11-21(22)25-6-5-18(12-31-25)17-3-4-17/h5-6,9-10,12-13,15,17,20-22H,3-4,7-8,11,14,16H2,1-2H3,(H,33,34,38)/t20-,21-,22+/m1/s1. The fraction of sp³-hybridized carbons (Fsp3) is 0.448. The third-order valence-corrected chi connectivity index (χ3v) is 8.09. The average Bonchev–Trinajstić information content (AvgIpc) is 3.86. The minimum Gasteiger partial charge on any atom is -0.487 e. The molecule has 0 unspecified atom stereocenters. The Bertz CT molecular complexity index is 1560. The van der Waals surface area contributed by atoms with Crippen LogP contribution in [0.1, 0.15) is 42.4 Å². The molecule has 10 nitrogen and oxygen atoms in total. The van der Waals surface area contributed by atoms with Crippen LogP contribution in [0.3, 0.4) is 0 Å². The fourth-order valence-electron chi connectivity index (χ4n) is 5.56. The largest absolute Gasteiger partial charge is 0.487 e. The third-order valence-electron chi connectivity index (χ3n) is 8.09. The number of nitrogens with one attached hydrogen (secondary N) is 1. The summed E-state index contributed by atoms with van der Waals surface area (Å²) in [6.07, 6.45) is 8.03. The van der Waals surface area contributed by atoms with Crippen molar-refractivity contribution in [2.45, 2.75) is 37.2 Å². The molecule has 1 N–H and O–H groups in total. The number of rotatable bonds is 8. The third kappa shape index (κ3) is 4.95. The molecule has 1 amide bonds. The number of anilines is 1. The molecule has 3 aliphatic rings. The van der Waals surface area contributed by atoms with E-state index in [4.69, 9.17) is 9.47 Å². The van der Waals surface area contributed by atoms with E-state index in [0.29, 0.717) is 47.5 Å². The lowest BCUT2D eigenvalue weighted by Gasteiger charge is -2.29. The molecule has 5 heterocycles. The molecule has 7 rings (SSSR count). The highest BCUT2D eigenvalue weighted by atomic mass is 19.1. The van der Waals surface area contributed by atoms with E-state index in [9.17, 15) is 4.79 Å². The Labute approximate surface area is 231 Å². The van der Waals surface area contributed by atoms with E-state index in [-0.39, 0.29) is 23.8 Å². The number of carbonyl (C=O) groups is 1. The average molecular weight is 546 g/mol. The first-order chi connectivity index (χ1) is 19.4. The molecule has 0 radical (unpaired) electrons. The number of fused-ring (bicyclic) bond motifs is 1. The molecule has 4 aromatic rings. The monoisotopic (exact) mass is 545 g/mol. The van der Waals surface area contributed by atoms with Gasteiger partial charge in [-0.25, -0.2) is 8.91 Å². The van der Waals surface area contributed by atoms with Crippen LogP contribution in [0.2, 0.25) is 0 Å². The second-order valence-corrected chi connectivity index (χ2v) is 11.2. The fourth-order valence-corrected chi connectivity index (χ4v) is 5.56. The summed E-state index contributed by atoms with van der Waals surface area (Å²) >= 11 is 0. The minimum absolute atomic E-state index is 0.0657. The van der Waals surface area contributed by atoms with E-state index in [0.717, 1.165) is 25.2 Å². The normalized spacial score (nSPS) is 22.9. The van der Waals surface area contributed by atoms with E-state index in [1.54, 1.807) is 30.1 Å². The maximum atomic E-state index is 15.3. The van der Waals surface area contributed by atoms with Crippen LogP contribution in [-0.4, -0.2) is 74.6 Å². The van der Waals surface area contributed by atoms with Gasteiger partial charge in [-0.05, 0) is 49.9 Å². The lowest BCUT2D eigenvalue weighted by atomic mass is 10.1. The molecular weight excluding hydrogens is 513 g/mol. The number of aromatic nitrogens is 5. The van der Waals surface area contributed by atoms with Crippen LogP contribution in [0.4, 0.5) is 10.2 Å². The molecule has 11 heteroatoms. The van der Waals surface area contributed by atoms with Crippen molar-refractivity contribution in [2.24, 2.45) is 13.0 Å². The quantitative estimate of drug-likeness (QED) is 0.361. The van der Waals surface area contributed by atoms with Crippen molar-refractivity contribution >= 4 is 17.2 Å². The van der Waals surface area contributed by atoms with Gasteiger partial charge < -0.3 is 19.7 Å². The van der Waals surface area contributed by atoms with Crippen molar-refractivity contribution in [1.29, 1.82) is 0 Å². The van der Waals surface area contributed by atoms with Crippen LogP contribution in [0.25, 0.3) is 16.8 Å². The molecule has 0 bridgehead atoms. The van der Waals surface area contributed by atoms with Gasteiger partial charge in [-0.1, -0.05) is 6.07 Å². The van der Waals surface area contributed by atoms with Crippen molar-refractivity contribution in [3.63, 3.8) is 0 Å². The molecule has 1 aliphatic heterocycles. The van der Waals surface area contributed by atoms with E-state index >= 15 is 4.39 Å².